The number of methoxy groups -OCH3 is 1. The minimum atomic E-state index is -0.882. The molecule has 3 atom stereocenters. The highest BCUT2D eigenvalue weighted by molar-refractivity contribution is 5.79. The van der Waals surface area contributed by atoms with Gasteiger partial charge in [0.25, 0.3) is 0 Å². The molecule has 220 valence electrons. The fourth-order valence-electron chi connectivity index (χ4n) is 5.90. The predicted molar refractivity (Wildman–Crippen MR) is 150 cm³/mol. The molecule has 4 rings (SSSR count). The molecule has 0 bridgehead atoms. The first kappa shape index (κ1) is 29.7. The molecule has 1 aromatic carbocycles. The van der Waals surface area contributed by atoms with Gasteiger partial charge >= 0.3 is 5.97 Å². The van der Waals surface area contributed by atoms with Gasteiger partial charge in [-0.1, -0.05) is 13.3 Å². The van der Waals surface area contributed by atoms with Gasteiger partial charge in [-0.3, -0.25) is 14.5 Å². The number of carboxylic acid groups (broad SMARTS) is 1. The Morgan fingerprint density at radius 3 is 2.70 bits per heavy atom. The van der Waals surface area contributed by atoms with E-state index in [0.717, 1.165) is 37.1 Å². The van der Waals surface area contributed by atoms with E-state index in [2.05, 4.69) is 16.8 Å². The van der Waals surface area contributed by atoms with Crippen molar-refractivity contribution < 1.29 is 28.9 Å². The van der Waals surface area contributed by atoms with E-state index in [0.29, 0.717) is 56.3 Å². The lowest BCUT2D eigenvalue weighted by Gasteiger charge is -2.29. The van der Waals surface area contributed by atoms with Crippen molar-refractivity contribution in [1.82, 2.24) is 19.4 Å². The minimum absolute atomic E-state index is 0.0283. The monoisotopic (exact) mass is 557 g/mol. The molecule has 1 saturated heterocycles. The second-order valence-corrected chi connectivity index (χ2v) is 10.6. The van der Waals surface area contributed by atoms with Crippen LogP contribution in [0, 0.1) is 5.92 Å². The molecule has 1 fully saturated rings. The summed E-state index contributed by atoms with van der Waals surface area (Å²) in [6.45, 7) is 4.74. The molecule has 0 spiro atoms. The van der Waals surface area contributed by atoms with Crippen LogP contribution >= 0.6 is 0 Å². The van der Waals surface area contributed by atoms with Crippen LogP contribution in [0.3, 0.4) is 0 Å². The number of rotatable bonds is 15. The van der Waals surface area contributed by atoms with Gasteiger partial charge in [-0.2, -0.15) is 0 Å². The lowest BCUT2D eigenvalue weighted by molar-refractivity contribution is -0.143. The Morgan fingerprint density at radius 2 is 2.02 bits per heavy atom. The molecule has 2 aliphatic heterocycles. The van der Waals surface area contributed by atoms with Crippen molar-refractivity contribution in [2.75, 3.05) is 46.6 Å². The minimum Gasteiger partial charge on any atom is -0.493 e. The number of carbonyl (C=O) groups excluding carboxylic acids is 1. The Labute approximate surface area is 236 Å². The molecule has 1 amide bonds. The Hall–Kier alpha value is -3.31. The number of imidazole rings is 1. The summed E-state index contributed by atoms with van der Waals surface area (Å²) < 4.78 is 18.7. The maximum atomic E-state index is 13.6. The number of benzene rings is 1. The molecular weight excluding hydrogens is 514 g/mol. The zero-order valence-corrected chi connectivity index (χ0v) is 23.9. The third-order valence-corrected chi connectivity index (χ3v) is 8.08. The molecule has 0 unspecified atom stereocenters. The average Bonchev–Trinajstić information content (AvgIpc) is 3.67. The summed E-state index contributed by atoms with van der Waals surface area (Å²) in [4.78, 5) is 34.9. The van der Waals surface area contributed by atoms with Crippen LogP contribution in [0.15, 0.2) is 24.5 Å². The lowest BCUT2D eigenvalue weighted by Crippen LogP contribution is -2.45. The summed E-state index contributed by atoms with van der Waals surface area (Å²) in [6, 6.07) is 3.35. The smallest absolute Gasteiger partial charge is 0.308 e. The second-order valence-electron chi connectivity index (χ2n) is 10.6. The Kier molecular flexibility index (Phi) is 10.3. The summed E-state index contributed by atoms with van der Waals surface area (Å²) in [7, 11) is 3.49. The quantitative estimate of drug-likeness (QED) is 0.317. The highest BCUT2D eigenvalue weighted by atomic mass is 16.7. The first-order valence-corrected chi connectivity index (χ1v) is 14.3. The van der Waals surface area contributed by atoms with E-state index in [1.165, 1.54) is 0 Å². The number of likely N-dealkylation sites (tertiary alicyclic amines) is 1. The average molecular weight is 558 g/mol. The SMILES string of the molecule is CCCCN(CCCCN)C(=O)CN1C[C@H](c2cc(OC)c3c(c2)OCO3)[C@@H](C(=O)O)[C@@H]1CCc1nccn1C. The standard InChI is InChI=1S/C29H43N5O6/c1-4-5-12-33(13-7-6-10-30)26(35)18-34-17-21(20-15-23(38-3)28-24(16-20)39-19-40-28)27(29(36)37)22(34)8-9-25-31-11-14-32(25)2/h11,14-16,21-22,27H,4-10,12-13,17-19,30H2,1-3H3,(H,36,37)/t21-,22+,27-/m1/s1. The predicted octanol–water partition coefficient (Wildman–Crippen LogP) is 2.63. The molecular formula is C29H43N5O6. The van der Waals surface area contributed by atoms with Gasteiger partial charge in [0, 0.05) is 57.5 Å². The maximum absolute atomic E-state index is 13.6. The van der Waals surface area contributed by atoms with Gasteiger partial charge in [-0.05, 0) is 49.9 Å². The van der Waals surface area contributed by atoms with Gasteiger partial charge in [0.1, 0.15) is 5.82 Å². The van der Waals surface area contributed by atoms with Gasteiger partial charge in [-0.25, -0.2) is 4.98 Å². The van der Waals surface area contributed by atoms with Crippen molar-refractivity contribution in [3.05, 3.63) is 35.9 Å². The zero-order valence-electron chi connectivity index (χ0n) is 23.9. The number of ether oxygens (including phenoxy) is 3. The third-order valence-electron chi connectivity index (χ3n) is 8.08. The highest BCUT2D eigenvalue weighted by Gasteiger charge is 2.47. The van der Waals surface area contributed by atoms with Gasteiger partial charge < -0.3 is 34.5 Å². The van der Waals surface area contributed by atoms with Crippen LogP contribution in [0.4, 0.5) is 0 Å². The van der Waals surface area contributed by atoms with Crippen molar-refractivity contribution in [3.63, 3.8) is 0 Å². The first-order chi connectivity index (χ1) is 19.4. The lowest BCUT2D eigenvalue weighted by atomic mass is 9.83. The number of nitrogens with zero attached hydrogens (tertiary/aromatic N) is 4. The number of carbonyl (C=O) groups is 2. The van der Waals surface area contributed by atoms with Gasteiger partial charge in [0.05, 0.1) is 19.6 Å². The molecule has 2 aromatic rings. The zero-order chi connectivity index (χ0) is 28.6. The van der Waals surface area contributed by atoms with E-state index in [-0.39, 0.29) is 31.2 Å². The van der Waals surface area contributed by atoms with Crippen LogP contribution in [0.1, 0.15) is 56.3 Å². The summed E-state index contributed by atoms with van der Waals surface area (Å²) in [5, 5.41) is 10.5. The van der Waals surface area contributed by atoms with Crippen molar-refractivity contribution in [2.24, 2.45) is 18.7 Å². The molecule has 0 saturated carbocycles. The van der Waals surface area contributed by atoms with E-state index in [1.807, 2.05) is 34.8 Å². The molecule has 40 heavy (non-hydrogen) atoms. The Morgan fingerprint density at radius 1 is 1.23 bits per heavy atom. The van der Waals surface area contributed by atoms with Crippen LogP contribution < -0.4 is 19.9 Å². The number of amides is 1. The number of unbranched alkanes of at least 4 members (excludes halogenated alkanes) is 2. The molecule has 3 heterocycles. The fraction of sp³-hybridized carbons (Fsp3) is 0.621. The van der Waals surface area contributed by atoms with E-state index >= 15 is 0 Å². The summed E-state index contributed by atoms with van der Waals surface area (Å²) >= 11 is 0. The van der Waals surface area contributed by atoms with Gasteiger partial charge in [-0.15, -0.1) is 0 Å². The number of hydrogen-bond donors (Lipinski definition) is 2. The van der Waals surface area contributed by atoms with Crippen LogP contribution in [0.2, 0.25) is 0 Å². The highest BCUT2D eigenvalue weighted by Crippen LogP contribution is 2.47. The van der Waals surface area contributed by atoms with E-state index in [1.54, 1.807) is 13.3 Å². The number of aryl methyl sites for hydroxylation is 2. The van der Waals surface area contributed by atoms with Crippen molar-refractivity contribution >= 4 is 11.9 Å². The molecule has 3 N–H and O–H groups in total. The van der Waals surface area contributed by atoms with E-state index in [9.17, 15) is 14.7 Å². The van der Waals surface area contributed by atoms with Crippen LogP contribution in [0.25, 0.3) is 0 Å². The van der Waals surface area contributed by atoms with Crippen molar-refractivity contribution in [2.45, 2.75) is 57.4 Å². The van der Waals surface area contributed by atoms with Crippen LogP contribution in [0.5, 0.6) is 17.2 Å². The van der Waals surface area contributed by atoms with Crippen LogP contribution in [-0.2, 0) is 23.1 Å². The molecule has 11 heteroatoms. The Bertz CT molecular complexity index is 1150. The van der Waals surface area contributed by atoms with Crippen molar-refractivity contribution in [3.8, 4) is 17.2 Å². The molecule has 2 aliphatic rings. The largest absolute Gasteiger partial charge is 0.493 e. The normalized spacial score (nSPS) is 20.1. The molecule has 0 aliphatic carbocycles. The number of aromatic nitrogens is 2. The second kappa shape index (κ2) is 13.8. The van der Waals surface area contributed by atoms with Gasteiger partial charge in [0.15, 0.2) is 11.5 Å². The number of hydrogen-bond acceptors (Lipinski definition) is 8. The summed E-state index contributed by atoms with van der Waals surface area (Å²) in [5.41, 5.74) is 6.50. The van der Waals surface area contributed by atoms with Gasteiger partial charge in [0.2, 0.25) is 18.4 Å². The van der Waals surface area contributed by atoms with E-state index in [4.69, 9.17) is 19.9 Å². The topological polar surface area (TPSA) is 132 Å². The number of aliphatic carboxylic acids is 1. The summed E-state index contributed by atoms with van der Waals surface area (Å²) in [6.07, 6.45) is 8.43. The number of nitrogens with two attached hydrogens (primary N) is 1. The Balaban J connectivity index is 1.62. The molecule has 1 aromatic heterocycles. The molecule has 0 radical (unpaired) electrons. The summed E-state index contributed by atoms with van der Waals surface area (Å²) in [5.74, 6) is 0.532. The van der Waals surface area contributed by atoms with E-state index < -0.39 is 11.9 Å². The number of carboxylic acids is 1. The van der Waals surface area contributed by atoms with Crippen molar-refractivity contribution in [1.29, 1.82) is 0 Å². The van der Waals surface area contributed by atoms with Crippen LogP contribution in [-0.4, -0.2) is 89.0 Å². The number of fused-ring (bicyclic) bond motifs is 1. The first-order valence-electron chi connectivity index (χ1n) is 14.3. The molecule has 11 nitrogen and oxygen atoms in total. The maximum Gasteiger partial charge on any atom is 0.308 e. The fourth-order valence-corrected chi connectivity index (χ4v) is 5.90. The third kappa shape index (κ3) is 6.69.